The molecule has 0 aromatic heterocycles. The van der Waals surface area contributed by atoms with Crippen molar-refractivity contribution in [1.82, 2.24) is 4.72 Å². The molecule has 0 fully saturated rings. The van der Waals surface area contributed by atoms with Crippen LogP contribution in [0.25, 0.3) is 0 Å². The first-order valence-electron chi connectivity index (χ1n) is 10.3. The molecule has 0 amide bonds. The summed E-state index contributed by atoms with van der Waals surface area (Å²) >= 11 is 0. The van der Waals surface area contributed by atoms with Crippen LogP contribution in [-0.2, 0) is 32.4 Å². The molecular formula is C25H25NO4S. The zero-order chi connectivity index (χ0) is 21.8. The fourth-order valence-corrected chi connectivity index (χ4v) is 5.12. The van der Waals surface area contributed by atoms with E-state index >= 15 is 0 Å². The molecule has 31 heavy (non-hydrogen) atoms. The van der Waals surface area contributed by atoms with Crippen LogP contribution in [0.3, 0.4) is 0 Å². The van der Waals surface area contributed by atoms with Crippen molar-refractivity contribution in [2.75, 3.05) is 0 Å². The third kappa shape index (κ3) is 5.03. The number of aryl methyl sites for hydroxylation is 2. The number of hydrogen-bond donors (Lipinski definition) is 1. The van der Waals surface area contributed by atoms with Gasteiger partial charge in [-0.1, -0.05) is 72.3 Å². The van der Waals surface area contributed by atoms with Crippen LogP contribution >= 0.6 is 0 Å². The van der Waals surface area contributed by atoms with Gasteiger partial charge in [0.2, 0.25) is 10.0 Å². The number of fused-ring (bicyclic) bond motifs is 1. The third-order valence-electron chi connectivity index (χ3n) is 5.54. The Kier molecular flexibility index (Phi) is 6.20. The molecule has 0 aliphatic heterocycles. The van der Waals surface area contributed by atoms with Crippen LogP contribution in [0.5, 0.6) is 0 Å². The van der Waals surface area contributed by atoms with Crippen LogP contribution in [0, 0.1) is 6.92 Å². The summed E-state index contributed by atoms with van der Waals surface area (Å²) in [5.41, 5.74) is 3.88. The highest BCUT2D eigenvalue weighted by atomic mass is 32.2. The Morgan fingerprint density at radius 1 is 0.968 bits per heavy atom. The predicted molar refractivity (Wildman–Crippen MR) is 119 cm³/mol. The Morgan fingerprint density at radius 3 is 2.39 bits per heavy atom. The van der Waals surface area contributed by atoms with E-state index in [0.29, 0.717) is 12.8 Å². The molecule has 1 aliphatic rings. The van der Waals surface area contributed by atoms with Gasteiger partial charge in [0, 0.05) is 12.8 Å². The van der Waals surface area contributed by atoms with E-state index in [2.05, 4.69) is 4.72 Å². The topological polar surface area (TPSA) is 72.5 Å². The molecule has 5 nitrogen and oxygen atoms in total. The molecule has 0 saturated carbocycles. The zero-order valence-corrected chi connectivity index (χ0v) is 18.1. The summed E-state index contributed by atoms with van der Waals surface area (Å²) in [6.07, 6.45) is 0.725. The molecule has 3 aromatic rings. The monoisotopic (exact) mass is 435 g/mol. The van der Waals surface area contributed by atoms with E-state index in [1.54, 1.807) is 24.3 Å². The van der Waals surface area contributed by atoms with Gasteiger partial charge in [-0.05, 0) is 42.2 Å². The van der Waals surface area contributed by atoms with E-state index in [1.165, 1.54) is 0 Å². The highest BCUT2D eigenvalue weighted by Gasteiger charge is 2.37. The number of carbonyl (C=O) groups is 1. The van der Waals surface area contributed by atoms with Crippen molar-refractivity contribution in [3.05, 3.63) is 101 Å². The van der Waals surface area contributed by atoms with E-state index in [0.717, 1.165) is 22.3 Å². The van der Waals surface area contributed by atoms with E-state index in [-0.39, 0.29) is 17.3 Å². The van der Waals surface area contributed by atoms with E-state index < -0.39 is 22.2 Å². The van der Waals surface area contributed by atoms with Gasteiger partial charge in [0.25, 0.3) is 0 Å². The van der Waals surface area contributed by atoms with Gasteiger partial charge in [-0.15, -0.1) is 0 Å². The first-order chi connectivity index (χ1) is 14.9. The standard InChI is InChI=1S/C25H25NO4S/c1-18-11-14-21(15-12-18)31(28,29)26-25-22-10-6-5-9-20(22)17-23(25)30-24(27)16-13-19-7-3-2-4-8-19/h2-12,14-15,23,25-26H,13,16-17H2,1H3/t23-,25+/m1/s1. The second-order valence-electron chi connectivity index (χ2n) is 7.83. The molecule has 0 bridgehead atoms. The lowest BCUT2D eigenvalue weighted by atomic mass is 10.1. The molecule has 0 radical (unpaired) electrons. The predicted octanol–water partition coefficient (Wildman–Crippen LogP) is 4.12. The van der Waals surface area contributed by atoms with Crippen LogP contribution in [0.15, 0.2) is 83.8 Å². The summed E-state index contributed by atoms with van der Waals surface area (Å²) in [5.74, 6) is -0.332. The smallest absolute Gasteiger partial charge is 0.306 e. The fourth-order valence-electron chi connectivity index (χ4n) is 3.88. The van der Waals surface area contributed by atoms with Crippen LogP contribution in [-0.4, -0.2) is 20.5 Å². The number of ether oxygens (including phenoxy) is 1. The maximum Gasteiger partial charge on any atom is 0.306 e. The molecule has 160 valence electrons. The van der Waals surface area contributed by atoms with Crippen LogP contribution in [0.4, 0.5) is 0 Å². The van der Waals surface area contributed by atoms with Gasteiger partial charge in [-0.25, -0.2) is 8.42 Å². The number of rotatable bonds is 7. The van der Waals surface area contributed by atoms with E-state index in [1.807, 2.05) is 61.5 Å². The van der Waals surface area contributed by atoms with Crippen molar-refractivity contribution < 1.29 is 17.9 Å². The summed E-state index contributed by atoms with van der Waals surface area (Å²) in [7, 11) is -3.77. The summed E-state index contributed by atoms with van der Waals surface area (Å²) in [4.78, 5) is 12.7. The Labute approximate surface area is 183 Å². The average Bonchev–Trinajstić information content (AvgIpc) is 3.10. The normalized spacial score (nSPS) is 17.8. The molecule has 0 saturated heterocycles. The summed E-state index contributed by atoms with van der Waals surface area (Å²) < 4.78 is 34.5. The van der Waals surface area contributed by atoms with Gasteiger partial charge < -0.3 is 4.74 Å². The molecule has 3 aromatic carbocycles. The number of sulfonamides is 1. The third-order valence-corrected chi connectivity index (χ3v) is 7.00. The van der Waals surface area contributed by atoms with E-state index in [4.69, 9.17) is 4.74 Å². The van der Waals surface area contributed by atoms with E-state index in [9.17, 15) is 13.2 Å². The van der Waals surface area contributed by atoms with Crippen molar-refractivity contribution >= 4 is 16.0 Å². The maximum absolute atomic E-state index is 13.0. The highest BCUT2D eigenvalue weighted by Crippen LogP contribution is 2.35. The first kappa shape index (κ1) is 21.3. The van der Waals surface area contributed by atoms with Gasteiger partial charge in [0.1, 0.15) is 6.10 Å². The molecule has 2 atom stereocenters. The Balaban J connectivity index is 1.50. The van der Waals surface area contributed by atoms with Gasteiger partial charge in [-0.2, -0.15) is 4.72 Å². The number of benzene rings is 3. The minimum Gasteiger partial charge on any atom is -0.460 e. The van der Waals surface area contributed by atoms with Crippen molar-refractivity contribution in [2.24, 2.45) is 0 Å². The Hall–Kier alpha value is -2.96. The van der Waals surface area contributed by atoms with Crippen LogP contribution in [0.2, 0.25) is 0 Å². The lowest BCUT2D eigenvalue weighted by molar-refractivity contribution is -0.149. The lowest BCUT2D eigenvalue weighted by Crippen LogP contribution is -2.36. The zero-order valence-electron chi connectivity index (χ0n) is 17.3. The van der Waals surface area contributed by atoms with Gasteiger partial charge in [0.05, 0.1) is 10.9 Å². The van der Waals surface area contributed by atoms with Gasteiger partial charge >= 0.3 is 5.97 Å². The maximum atomic E-state index is 13.0. The van der Waals surface area contributed by atoms with Crippen molar-refractivity contribution in [3.63, 3.8) is 0 Å². The second kappa shape index (κ2) is 9.04. The molecule has 0 spiro atoms. The minimum absolute atomic E-state index is 0.191. The summed E-state index contributed by atoms with van der Waals surface area (Å²) in [6.45, 7) is 1.90. The second-order valence-corrected chi connectivity index (χ2v) is 9.54. The molecule has 0 heterocycles. The Bertz CT molecular complexity index is 1160. The van der Waals surface area contributed by atoms with Gasteiger partial charge in [0.15, 0.2) is 0 Å². The number of esters is 1. The molecular weight excluding hydrogens is 410 g/mol. The highest BCUT2D eigenvalue weighted by molar-refractivity contribution is 7.89. The molecule has 4 rings (SSSR count). The van der Waals surface area contributed by atoms with Crippen molar-refractivity contribution in [2.45, 2.75) is 43.2 Å². The van der Waals surface area contributed by atoms with Crippen molar-refractivity contribution in [3.8, 4) is 0 Å². The largest absolute Gasteiger partial charge is 0.460 e. The van der Waals surface area contributed by atoms with Gasteiger partial charge in [-0.3, -0.25) is 4.79 Å². The number of carbonyl (C=O) groups excluding carboxylic acids is 1. The molecule has 1 N–H and O–H groups in total. The summed E-state index contributed by atoms with van der Waals surface area (Å²) in [5, 5.41) is 0. The molecule has 0 unspecified atom stereocenters. The average molecular weight is 436 g/mol. The first-order valence-corrected chi connectivity index (χ1v) is 11.8. The SMILES string of the molecule is Cc1ccc(S(=O)(=O)N[C@H]2c3ccccc3C[C@H]2OC(=O)CCc2ccccc2)cc1. The molecule has 1 aliphatic carbocycles. The lowest BCUT2D eigenvalue weighted by Gasteiger charge is -2.22. The number of hydrogen-bond acceptors (Lipinski definition) is 4. The number of nitrogens with one attached hydrogen (secondary N) is 1. The minimum atomic E-state index is -3.77. The van der Waals surface area contributed by atoms with Crippen LogP contribution < -0.4 is 4.72 Å². The quantitative estimate of drug-likeness (QED) is 0.567. The fraction of sp³-hybridized carbons (Fsp3) is 0.240. The van der Waals surface area contributed by atoms with Crippen LogP contribution in [0.1, 0.15) is 34.7 Å². The Morgan fingerprint density at radius 2 is 1.65 bits per heavy atom. The summed E-state index contributed by atoms with van der Waals surface area (Å²) in [6, 6.07) is 23.4. The molecule has 6 heteroatoms. The van der Waals surface area contributed by atoms with Crippen molar-refractivity contribution in [1.29, 1.82) is 0 Å².